The summed E-state index contributed by atoms with van der Waals surface area (Å²) in [6.45, 7) is 7.70. The monoisotopic (exact) mass is 608 g/mol. The number of anilines is 1. The van der Waals surface area contributed by atoms with Gasteiger partial charge in [-0.1, -0.05) is 68.4 Å². The SMILES string of the molecule is COc1cccc(CN(C(=O)CN(c2cc(C)ccc2C)S(=O)(=O)N(C)C)C(Cc2ccccc2)C(=O)NCC(C)C)c1. The number of hydrogen-bond acceptors (Lipinski definition) is 5. The summed E-state index contributed by atoms with van der Waals surface area (Å²) in [6.07, 6.45) is 0.254. The Labute approximate surface area is 256 Å². The van der Waals surface area contributed by atoms with Crippen LogP contribution in [0.15, 0.2) is 72.8 Å². The number of nitrogens with zero attached hydrogens (tertiary/aromatic N) is 3. The maximum Gasteiger partial charge on any atom is 0.304 e. The van der Waals surface area contributed by atoms with E-state index >= 15 is 0 Å². The number of nitrogens with one attached hydrogen (secondary N) is 1. The van der Waals surface area contributed by atoms with Crippen LogP contribution in [0.5, 0.6) is 5.75 Å². The summed E-state index contributed by atoms with van der Waals surface area (Å²) < 4.78 is 34.9. The van der Waals surface area contributed by atoms with E-state index in [1.165, 1.54) is 19.0 Å². The van der Waals surface area contributed by atoms with Gasteiger partial charge in [-0.3, -0.25) is 9.59 Å². The van der Waals surface area contributed by atoms with Crippen LogP contribution in [-0.2, 0) is 32.8 Å². The van der Waals surface area contributed by atoms with Gasteiger partial charge in [0.1, 0.15) is 18.3 Å². The van der Waals surface area contributed by atoms with Crippen molar-refractivity contribution < 1.29 is 22.7 Å². The molecule has 0 spiro atoms. The van der Waals surface area contributed by atoms with E-state index in [-0.39, 0.29) is 24.8 Å². The van der Waals surface area contributed by atoms with Gasteiger partial charge in [-0.2, -0.15) is 12.7 Å². The standard InChI is InChI=1S/C33H44N4O5S/c1-24(2)21-34-33(39)31(20-27-12-9-8-10-13-27)36(22-28-14-11-15-29(19-28)42-7)32(38)23-37(43(40,41)35(5)6)30-18-25(3)16-17-26(30)4/h8-19,24,31H,20-23H2,1-7H3,(H,34,39). The fourth-order valence-electron chi connectivity index (χ4n) is 4.63. The molecule has 43 heavy (non-hydrogen) atoms. The molecule has 9 nitrogen and oxygen atoms in total. The molecule has 2 amide bonds. The van der Waals surface area contributed by atoms with Crippen LogP contribution in [-0.4, -0.2) is 69.8 Å². The van der Waals surface area contributed by atoms with E-state index in [9.17, 15) is 18.0 Å². The molecule has 0 fully saturated rings. The molecule has 0 aromatic heterocycles. The number of amides is 2. The molecule has 232 valence electrons. The first-order chi connectivity index (χ1) is 20.3. The molecule has 0 saturated heterocycles. The number of hydrogen-bond donors (Lipinski definition) is 1. The summed E-state index contributed by atoms with van der Waals surface area (Å²) in [5, 5.41) is 3.00. The summed E-state index contributed by atoms with van der Waals surface area (Å²) in [7, 11) is 0.360. The zero-order valence-electron chi connectivity index (χ0n) is 26.2. The van der Waals surface area contributed by atoms with E-state index in [2.05, 4.69) is 5.32 Å². The Morgan fingerprint density at radius 2 is 1.58 bits per heavy atom. The van der Waals surface area contributed by atoms with Crippen LogP contribution in [0.3, 0.4) is 0 Å². The Morgan fingerprint density at radius 3 is 2.21 bits per heavy atom. The number of carbonyl (C=O) groups is 2. The van der Waals surface area contributed by atoms with Crippen LogP contribution in [0.4, 0.5) is 5.69 Å². The van der Waals surface area contributed by atoms with Crippen molar-refractivity contribution >= 4 is 27.7 Å². The van der Waals surface area contributed by atoms with Crippen molar-refractivity contribution in [3.63, 3.8) is 0 Å². The normalized spacial score (nSPS) is 12.2. The van der Waals surface area contributed by atoms with Gasteiger partial charge in [-0.25, -0.2) is 4.31 Å². The molecule has 3 aromatic rings. The Hall–Kier alpha value is -3.89. The Balaban J connectivity index is 2.13. The summed E-state index contributed by atoms with van der Waals surface area (Å²) in [6, 6.07) is 21.4. The minimum Gasteiger partial charge on any atom is -0.497 e. The van der Waals surface area contributed by atoms with Crippen LogP contribution in [0, 0.1) is 19.8 Å². The van der Waals surface area contributed by atoms with Crippen molar-refractivity contribution in [2.45, 2.75) is 46.7 Å². The molecule has 0 saturated carbocycles. The van der Waals surface area contributed by atoms with Crippen molar-refractivity contribution in [3.05, 3.63) is 95.1 Å². The predicted octanol–water partition coefficient (Wildman–Crippen LogP) is 4.34. The van der Waals surface area contributed by atoms with E-state index in [0.717, 1.165) is 25.3 Å². The molecule has 3 rings (SSSR count). The first-order valence-electron chi connectivity index (χ1n) is 14.3. The Kier molecular flexibility index (Phi) is 11.7. The first-order valence-corrected chi connectivity index (χ1v) is 15.7. The fraction of sp³-hybridized carbons (Fsp3) is 0.394. The molecular weight excluding hydrogens is 564 g/mol. The van der Waals surface area contributed by atoms with E-state index in [0.29, 0.717) is 23.5 Å². The summed E-state index contributed by atoms with van der Waals surface area (Å²) in [4.78, 5) is 29.7. The smallest absolute Gasteiger partial charge is 0.304 e. The van der Waals surface area contributed by atoms with Crippen molar-refractivity contribution in [1.82, 2.24) is 14.5 Å². The van der Waals surface area contributed by atoms with Gasteiger partial charge in [0.15, 0.2) is 0 Å². The molecule has 0 aliphatic carbocycles. The van der Waals surface area contributed by atoms with Crippen LogP contribution in [0.25, 0.3) is 0 Å². The molecule has 0 aliphatic heterocycles. The number of ether oxygens (including phenoxy) is 1. The van der Waals surface area contributed by atoms with Gasteiger partial charge in [-0.05, 0) is 60.2 Å². The highest BCUT2D eigenvalue weighted by molar-refractivity contribution is 7.90. The molecule has 0 radical (unpaired) electrons. The van der Waals surface area contributed by atoms with Gasteiger partial charge < -0.3 is 15.0 Å². The molecule has 0 bridgehead atoms. The predicted molar refractivity (Wildman–Crippen MR) is 171 cm³/mol. The lowest BCUT2D eigenvalue weighted by Crippen LogP contribution is -2.54. The van der Waals surface area contributed by atoms with E-state index in [4.69, 9.17) is 4.74 Å². The number of carbonyl (C=O) groups excluding carboxylic acids is 2. The third-order valence-corrected chi connectivity index (χ3v) is 8.90. The third kappa shape index (κ3) is 9.05. The highest BCUT2D eigenvalue weighted by Gasteiger charge is 2.35. The highest BCUT2D eigenvalue weighted by Crippen LogP contribution is 2.26. The van der Waals surface area contributed by atoms with Gasteiger partial charge >= 0.3 is 10.2 Å². The van der Waals surface area contributed by atoms with Gasteiger partial charge in [0.05, 0.1) is 12.8 Å². The van der Waals surface area contributed by atoms with Crippen molar-refractivity contribution in [2.75, 3.05) is 38.6 Å². The maximum absolute atomic E-state index is 14.4. The van der Waals surface area contributed by atoms with Gasteiger partial charge in [-0.15, -0.1) is 0 Å². The fourth-order valence-corrected chi connectivity index (χ4v) is 5.75. The molecule has 3 aromatic carbocycles. The minimum absolute atomic E-state index is 0.0747. The lowest BCUT2D eigenvalue weighted by atomic mass is 10.0. The van der Waals surface area contributed by atoms with Crippen molar-refractivity contribution in [3.8, 4) is 5.75 Å². The highest BCUT2D eigenvalue weighted by atomic mass is 32.2. The van der Waals surface area contributed by atoms with Crippen LogP contribution in [0.2, 0.25) is 0 Å². The van der Waals surface area contributed by atoms with Crippen LogP contribution < -0.4 is 14.4 Å². The lowest BCUT2D eigenvalue weighted by molar-refractivity contribution is -0.140. The first kappa shape index (κ1) is 33.6. The quantitative estimate of drug-likeness (QED) is 0.294. The third-order valence-electron chi connectivity index (χ3n) is 7.09. The zero-order valence-corrected chi connectivity index (χ0v) is 27.0. The molecule has 0 heterocycles. The summed E-state index contributed by atoms with van der Waals surface area (Å²) in [5.74, 6) is 0.00665. The van der Waals surface area contributed by atoms with Gasteiger partial charge in [0.2, 0.25) is 11.8 Å². The van der Waals surface area contributed by atoms with E-state index in [1.807, 2.05) is 88.4 Å². The number of benzene rings is 3. The number of methoxy groups -OCH3 is 1. The van der Waals surface area contributed by atoms with Crippen molar-refractivity contribution in [1.29, 1.82) is 0 Å². The average molecular weight is 609 g/mol. The Bertz CT molecular complexity index is 1490. The molecule has 1 unspecified atom stereocenters. The molecule has 1 atom stereocenters. The van der Waals surface area contributed by atoms with Crippen molar-refractivity contribution in [2.24, 2.45) is 5.92 Å². The summed E-state index contributed by atoms with van der Waals surface area (Å²) in [5.41, 5.74) is 3.60. The van der Waals surface area contributed by atoms with E-state index in [1.54, 1.807) is 19.2 Å². The second kappa shape index (κ2) is 15.0. The average Bonchev–Trinajstić information content (AvgIpc) is 2.98. The topological polar surface area (TPSA) is 99.3 Å². The lowest BCUT2D eigenvalue weighted by Gasteiger charge is -2.35. The van der Waals surface area contributed by atoms with Crippen LogP contribution >= 0.6 is 0 Å². The zero-order chi connectivity index (χ0) is 31.7. The molecule has 0 aliphatic rings. The van der Waals surface area contributed by atoms with Gasteiger partial charge in [0, 0.05) is 33.6 Å². The minimum atomic E-state index is -4.07. The second-order valence-corrected chi connectivity index (χ2v) is 13.4. The van der Waals surface area contributed by atoms with Crippen LogP contribution in [0.1, 0.15) is 36.1 Å². The number of rotatable bonds is 14. The second-order valence-electron chi connectivity index (χ2n) is 11.3. The Morgan fingerprint density at radius 1 is 0.907 bits per heavy atom. The number of aryl methyl sites for hydroxylation is 2. The van der Waals surface area contributed by atoms with Gasteiger partial charge in [0.25, 0.3) is 0 Å². The maximum atomic E-state index is 14.4. The molecular formula is C33H44N4O5S. The molecule has 1 N–H and O–H groups in total. The largest absolute Gasteiger partial charge is 0.497 e. The summed E-state index contributed by atoms with van der Waals surface area (Å²) >= 11 is 0. The van der Waals surface area contributed by atoms with E-state index < -0.39 is 28.7 Å². The molecule has 10 heteroatoms.